The highest BCUT2D eigenvalue weighted by atomic mass is 19.4. The molecule has 10 heteroatoms. The maximum Gasteiger partial charge on any atom is 0.437 e. The van der Waals surface area contributed by atoms with Crippen LogP contribution >= 0.6 is 0 Å². The number of benzene rings is 1. The van der Waals surface area contributed by atoms with Crippen LogP contribution in [0.25, 0.3) is 22.6 Å². The highest BCUT2D eigenvalue weighted by Crippen LogP contribution is 2.36. The molecule has 3 heterocycles. The molecule has 1 N–H and O–H groups in total. The average molecular weight is 428 g/mol. The van der Waals surface area contributed by atoms with Crippen LogP contribution in [0.1, 0.15) is 29.2 Å². The van der Waals surface area contributed by atoms with E-state index in [1.165, 1.54) is 24.4 Å². The predicted molar refractivity (Wildman–Crippen MR) is 103 cm³/mol. The van der Waals surface area contributed by atoms with Crippen LogP contribution in [-0.2, 0) is 19.1 Å². The van der Waals surface area contributed by atoms with Gasteiger partial charge in [0.1, 0.15) is 17.2 Å². The van der Waals surface area contributed by atoms with E-state index in [4.69, 9.17) is 0 Å². The van der Waals surface area contributed by atoms with Gasteiger partial charge in [-0.3, -0.25) is 4.98 Å². The second-order valence-electron chi connectivity index (χ2n) is 7.45. The van der Waals surface area contributed by atoms with E-state index in [-0.39, 0.29) is 23.0 Å². The van der Waals surface area contributed by atoms with Crippen LogP contribution in [0.15, 0.2) is 49.1 Å². The van der Waals surface area contributed by atoms with E-state index in [2.05, 4.69) is 20.2 Å². The van der Waals surface area contributed by atoms with Gasteiger partial charge >= 0.3 is 6.18 Å². The molecule has 0 spiro atoms. The van der Waals surface area contributed by atoms with E-state index in [9.17, 15) is 17.6 Å². The molecule has 158 valence electrons. The summed E-state index contributed by atoms with van der Waals surface area (Å²) in [6.45, 7) is 0.630. The summed E-state index contributed by atoms with van der Waals surface area (Å²) in [7, 11) is 0. The third kappa shape index (κ3) is 3.58. The Morgan fingerprint density at radius 1 is 1.10 bits per heavy atom. The standard InChI is InChI=1S/C21H16F4N6/c22-16-3-1-2-14-13(4-5-15(14)16)9-31-10-18(27-11-31)17-8-12(6-7-26-17)19-20(21(23,24)25)29-30-28-19/h1-3,6-8,10-11,13H,4-5,9H2,(H,28,29,30)/t13-/m1/s1. The van der Waals surface area contributed by atoms with E-state index in [0.717, 1.165) is 17.5 Å². The van der Waals surface area contributed by atoms with Gasteiger partial charge in [-0.05, 0) is 42.2 Å². The number of halogens is 4. The van der Waals surface area contributed by atoms with E-state index < -0.39 is 11.9 Å². The first-order chi connectivity index (χ1) is 14.9. The Bertz CT molecular complexity index is 1240. The molecule has 0 unspecified atom stereocenters. The quantitative estimate of drug-likeness (QED) is 0.482. The fraction of sp³-hybridized carbons (Fsp3) is 0.238. The second kappa shape index (κ2) is 7.29. The summed E-state index contributed by atoms with van der Waals surface area (Å²) in [6.07, 6.45) is 1.79. The SMILES string of the molecule is Fc1cccc2c1CC[C@@H]2Cn1cnc(-c2cc(-c3n[nH]nc3C(F)(F)F)ccn2)c1. The number of hydrogen-bond acceptors (Lipinski definition) is 4. The van der Waals surface area contributed by atoms with Crippen molar-refractivity contribution in [3.63, 3.8) is 0 Å². The summed E-state index contributed by atoms with van der Waals surface area (Å²) >= 11 is 0. The van der Waals surface area contributed by atoms with Gasteiger partial charge < -0.3 is 4.57 Å². The van der Waals surface area contributed by atoms with Gasteiger partial charge in [0.05, 0.1) is 12.0 Å². The van der Waals surface area contributed by atoms with Crippen molar-refractivity contribution in [3.05, 3.63) is 71.7 Å². The minimum atomic E-state index is -4.62. The molecule has 31 heavy (non-hydrogen) atoms. The lowest BCUT2D eigenvalue weighted by atomic mass is 10.0. The molecule has 1 aromatic carbocycles. The van der Waals surface area contributed by atoms with Gasteiger partial charge in [-0.15, -0.1) is 0 Å². The zero-order valence-corrected chi connectivity index (χ0v) is 16.1. The van der Waals surface area contributed by atoms with Crippen LogP contribution in [0.5, 0.6) is 0 Å². The van der Waals surface area contributed by atoms with Gasteiger partial charge in [0.25, 0.3) is 0 Å². The highest BCUT2D eigenvalue weighted by molar-refractivity contribution is 5.67. The Morgan fingerprint density at radius 2 is 1.97 bits per heavy atom. The molecular weight excluding hydrogens is 412 g/mol. The summed E-state index contributed by atoms with van der Waals surface area (Å²) in [5.74, 6) is 0.00920. The fourth-order valence-corrected chi connectivity index (χ4v) is 4.08. The molecule has 3 aromatic heterocycles. The monoisotopic (exact) mass is 428 g/mol. The Balaban J connectivity index is 1.40. The van der Waals surface area contributed by atoms with Crippen LogP contribution in [0.4, 0.5) is 17.6 Å². The topological polar surface area (TPSA) is 72.3 Å². The van der Waals surface area contributed by atoms with Crippen LogP contribution in [-0.4, -0.2) is 29.9 Å². The van der Waals surface area contributed by atoms with Crippen LogP contribution in [0.3, 0.4) is 0 Å². The van der Waals surface area contributed by atoms with Crippen molar-refractivity contribution in [2.24, 2.45) is 0 Å². The van der Waals surface area contributed by atoms with Crippen molar-refractivity contribution in [3.8, 4) is 22.6 Å². The molecule has 4 aromatic rings. The van der Waals surface area contributed by atoms with E-state index in [1.807, 2.05) is 15.8 Å². The Morgan fingerprint density at radius 3 is 2.81 bits per heavy atom. The zero-order chi connectivity index (χ0) is 21.6. The molecule has 0 radical (unpaired) electrons. The largest absolute Gasteiger partial charge is 0.437 e. The molecular formula is C21H16F4N6. The number of H-pyrrole nitrogens is 1. The maximum absolute atomic E-state index is 14.0. The molecule has 1 atom stereocenters. The maximum atomic E-state index is 14.0. The third-order valence-electron chi connectivity index (χ3n) is 5.51. The molecule has 1 aliphatic carbocycles. The van der Waals surface area contributed by atoms with Gasteiger partial charge in [0.2, 0.25) is 0 Å². The Labute approximate surface area is 174 Å². The van der Waals surface area contributed by atoms with Gasteiger partial charge in [-0.2, -0.15) is 28.6 Å². The smallest absolute Gasteiger partial charge is 0.336 e. The zero-order valence-electron chi connectivity index (χ0n) is 16.1. The molecule has 0 fully saturated rings. The van der Waals surface area contributed by atoms with Crippen LogP contribution < -0.4 is 0 Å². The van der Waals surface area contributed by atoms with Crippen molar-refractivity contribution >= 4 is 0 Å². The highest BCUT2D eigenvalue weighted by Gasteiger charge is 2.38. The summed E-state index contributed by atoms with van der Waals surface area (Å²) in [5.41, 5.74) is 1.60. The minimum absolute atomic E-state index is 0.168. The number of fused-ring (bicyclic) bond motifs is 1. The summed E-state index contributed by atoms with van der Waals surface area (Å²) in [5, 5.41) is 8.91. The van der Waals surface area contributed by atoms with Crippen LogP contribution in [0, 0.1) is 5.82 Å². The second-order valence-corrected chi connectivity index (χ2v) is 7.45. The summed E-state index contributed by atoms with van der Waals surface area (Å²) in [6, 6.07) is 8.10. The average Bonchev–Trinajstić information content (AvgIpc) is 3.48. The molecule has 0 saturated carbocycles. The van der Waals surface area contributed by atoms with Crippen molar-refractivity contribution in [1.82, 2.24) is 29.9 Å². The number of rotatable bonds is 4. The summed E-state index contributed by atoms with van der Waals surface area (Å²) in [4.78, 5) is 8.59. The first-order valence-electron chi connectivity index (χ1n) is 9.64. The molecule has 0 amide bonds. The lowest BCUT2D eigenvalue weighted by Gasteiger charge is -2.12. The number of alkyl halides is 3. The number of aromatic amines is 1. The number of nitrogens with zero attached hydrogens (tertiary/aromatic N) is 5. The number of pyridine rings is 1. The minimum Gasteiger partial charge on any atom is -0.336 e. The number of aromatic nitrogens is 6. The normalized spacial score (nSPS) is 15.9. The lowest BCUT2D eigenvalue weighted by Crippen LogP contribution is -2.07. The van der Waals surface area contributed by atoms with Crippen molar-refractivity contribution in [2.45, 2.75) is 31.5 Å². The summed E-state index contributed by atoms with van der Waals surface area (Å²) < 4.78 is 55.3. The lowest BCUT2D eigenvalue weighted by molar-refractivity contribution is -0.140. The first-order valence-corrected chi connectivity index (χ1v) is 9.64. The Hall–Kier alpha value is -3.56. The van der Waals surface area contributed by atoms with Gasteiger partial charge in [0, 0.05) is 30.4 Å². The molecule has 0 aliphatic heterocycles. The van der Waals surface area contributed by atoms with Crippen molar-refractivity contribution < 1.29 is 17.6 Å². The molecule has 5 rings (SSSR count). The third-order valence-corrected chi connectivity index (χ3v) is 5.51. The number of hydrogen-bond donors (Lipinski definition) is 1. The van der Waals surface area contributed by atoms with E-state index in [1.54, 1.807) is 18.6 Å². The Kier molecular flexibility index (Phi) is 4.57. The fourth-order valence-electron chi connectivity index (χ4n) is 4.08. The van der Waals surface area contributed by atoms with Gasteiger partial charge in [-0.25, -0.2) is 9.37 Å². The molecule has 6 nitrogen and oxygen atoms in total. The number of nitrogens with one attached hydrogen (secondary N) is 1. The van der Waals surface area contributed by atoms with E-state index in [0.29, 0.717) is 24.4 Å². The van der Waals surface area contributed by atoms with Crippen molar-refractivity contribution in [2.75, 3.05) is 0 Å². The number of imidazole rings is 1. The molecule has 0 saturated heterocycles. The first kappa shape index (κ1) is 19.4. The van der Waals surface area contributed by atoms with E-state index >= 15 is 0 Å². The van der Waals surface area contributed by atoms with Crippen LogP contribution in [0.2, 0.25) is 0 Å². The predicted octanol–water partition coefficient (Wildman–Crippen LogP) is 4.62. The van der Waals surface area contributed by atoms with Gasteiger partial charge in [-0.1, -0.05) is 12.1 Å². The molecule has 0 bridgehead atoms. The molecule has 1 aliphatic rings. The van der Waals surface area contributed by atoms with Crippen molar-refractivity contribution in [1.29, 1.82) is 0 Å². The van der Waals surface area contributed by atoms with Gasteiger partial charge in [0.15, 0.2) is 5.69 Å².